The molecular weight excluding hydrogens is 294 g/mol. The summed E-state index contributed by atoms with van der Waals surface area (Å²) in [6, 6.07) is 3.10. The van der Waals surface area contributed by atoms with Crippen molar-refractivity contribution >= 4 is 37.0 Å². The Kier molecular flexibility index (Phi) is 5.62. The fourth-order valence-corrected chi connectivity index (χ4v) is 3.34. The van der Waals surface area contributed by atoms with Crippen molar-refractivity contribution in [3.63, 3.8) is 0 Å². The van der Waals surface area contributed by atoms with E-state index in [2.05, 4.69) is 19.2 Å². The number of carbonyl (C=O) groups is 1. The first-order valence-corrected chi connectivity index (χ1v) is 8.71. The van der Waals surface area contributed by atoms with E-state index < -0.39 is 9.05 Å². The zero-order valence-corrected chi connectivity index (χ0v) is 12.7. The van der Waals surface area contributed by atoms with Gasteiger partial charge in [-0.3, -0.25) is 4.79 Å². The molecule has 0 aliphatic carbocycles. The quantitative estimate of drug-likeness (QED) is 0.822. The summed E-state index contributed by atoms with van der Waals surface area (Å²) in [5, 5.41) is 2.75. The van der Waals surface area contributed by atoms with Crippen molar-refractivity contribution in [2.24, 2.45) is 5.92 Å². The van der Waals surface area contributed by atoms with Gasteiger partial charge in [-0.05, 0) is 24.5 Å². The lowest BCUT2D eigenvalue weighted by Crippen LogP contribution is -2.22. The Morgan fingerprint density at radius 2 is 2.11 bits per heavy atom. The third-order valence-corrected chi connectivity index (χ3v) is 5.46. The predicted molar refractivity (Wildman–Crippen MR) is 73.3 cm³/mol. The van der Waals surface area contributed by atoms with Gasteiger partial charge in [0.05, 0.1) is 6.54 Å². The van der Waals surface area contributed by atoms with Gasteiger partial charge >= 0.3 is 0 Å². The molecule has 18 heavy (non-hydrogen) atoms. The smallest absolute Gasteiger partial charge is 0.270 e. The van der Waals surface area contributed by atoms with Crippen molar-refractivity contribution < 1.29 is 13.2 Å². The predicted octanol–water partition coefficient (Wildman–Crippen LogP) is 2.73. The Morgan fingerprint density at radius 1 is 1.44 bits per heavy atom. The third kappa shape index (κ3) is 5.37. The summed E-state index contributed by atoms with van der Waals surface area (Å²) < 4.78 is 22.2. The Bertz CT molecular complexity index is 508. The molecule has 0 aliphatic heterocycles. The van der Waals surface area contributed by atoms with E-state index in [0.29, 0.717) is 18.9 Å². The average molecular weight is 310 g/mol. The molecule has 0 bridgehead atoms. The van der Waals surface area contributed by atoms with E-state index in [0.717, 1.165) is 22.6 Å². The number of rotatable bonds is 6. The molecule has 0 unspecified atom stereocenters. The van der Waals surface area contributed by atoms with Crippen molar-refractivity contribution in [3.8, 4) is 0 Å². The molecule has 1 aromatic rings. The van der Waals surface area contributed by atoms with Crippen molar-refractivity contribution in [3.05, 3.63) is 17.0 Å². The van der Waals surface area contributed by atoms with Crippen molar-refractivity contribution in [1.29, 1.82) is 0 Å². The van der Waals surface area contributed by atoms with E-state index in [9.17, 15) is 13.2 Å². The van der Waals surface area contributed by atoms with E-state index in [1.54, 1.807) is 6.07 Å². The average Bonchev–Trinajstić information content (AvgIpc) is 2.71. The molecule has 0 aromatic carbocycles. The lowest BCUT2D eigenvalue weighted by molar-refractivity contribution is -0.121. The monoisotopic (exact) mass is 309 g/mol. The van der Waals surface area contributed by atoms with Crippen LogP contribution >= 0.6 is 22.0 Å². The highest BCUT2D eigenvalue weighted by Crippen LogP contribution is 2.24. The maximum Gasteiger partial charge on any atom is 0.270 e. The molecule has 0 saturated carbocycles. The molecular formula is C11H16ClNO3S2. The van der Waals surface area contributed by atoms with Crippen LogP contribution in [0.25, 0.3) is 0 Å². The van der Waals surface area contributed by atoms with Crippen molar-refractivity contribution in [1.82, 2.24) is 5.32 Å². The fourth-order valence-electron chi connectivity index (χ4n) is 1.28. The molecule has 1 N–H and O–H groups in total. The molecule has 0 aliphatic rings. The second-order valence-corrected chi connectivity index (χ2v) is 8.33. The summed E-state index contributed by atoms with van der Waals surface area (Å²) in [7, 11) is 1.55. The fraction of sp³-hybridized carbons (Fsp3) is 0.545. The van der Waals surface area contributed by atoms with Gasteiger partial charge < -0.3 is 5.32 Å². The number of halogens is 1. The van der Waals surface area contributed by atoms with Crippen LogP contribution in [0.1, 0.15) is 31.6 Å². The molecule has 1 heterocycles. The van der Waals surface area contributed by atoms with Crippen LogP contribution in [0.4, 0.5) is 0 Å². The minimum Gasteiger partial charge on any atom is -0.351 e. The lowest BCUT2D eigenvalue weighted by atomic mass is 10.1. The molecule has 0 atom stereocenters. The van der Waals surface area contributed by atoms with Gasteiger partial charge in [-0.25, -0.2) is 8.42 Å². The Balaban J connectivity index is 2.45. The molecule has 0 saturated heterocycles. The first-order chi connectivity index (χ1) is 8.29. The van der Waals surface area contributed by atoms with Gasteiger partial charge in [-0.1, -0.05) is 13.8 Å². The zero-order valence-electron chi connectivity index (χ0n) is 10.3. The van der Waals surface area contributed by atoms with Crippen molar-refractivity contribution in [2.45, 2.75) is 37.4 Å². The maximum atomic E-state index is 11.5. The standard InChI is InChI=1S/C11H16ClNO3S2/c1-8(2)3-5-10(14)13-7-9-4-6-11(17-9)18(12,15)16/h4,6,8H,3,5,7H2,1-2H3,(H,13,14). The number of nitrogens with one attached hydrogen (secondary N) is 1. The molecule has 1 rings (SSSR count). The Hall–Kier alpha value is -0.590. The second kappa shape index (κ2) is 6.54. The van der Waals surface area contributed by atoms with Crippen LogP contribution < -0.4 is 5.32 Å². The minimum atomic E-state index is -3.66. The number of carbonyl (C=O) groups excluding carboxylic acids is 1. The Morgan fingerprint density at radius 3 is 2.61 bits per heavy atom. The van der Waals surface area contributed by atoms with Crippen LogP contribution in [0.3, 0.4) is 0 Å². The molecule has 7 heteroatoms. The van der Waals surface area contributed by atoms with Crippen LogP contribution in [0, 0.1) is 5.92 Å². The summed E-state index contributed by atoms with van der Waals surface area (Å²) in [6.07, 6.45) is 1.33. The van der Waals surface area contributed by atoms with Gasteiger partial charge in [-0.2, -0.15) is 0 Å². The molecule has 1 aromatic heterocycles. The molecule has 0 radical (unpaired) electrons. The highest BCUT2D eigenvalue weighted by Gasteiger charge is 2.13. The number of amides is 1. The van der Waals surface area contributed by atoms with Gasteiger partial charge in [-0.15, -0.1) is 11.3 Å². The molecule has 4 nitrogen and oxygen atoms in total. The molecule has 102 valence electrons. The topological polar surface area (TPSA) is 63.2 Å². The van der Waals surface area contributed by atoms with E-state index in [4.69, 9.17) is 10.7 Å². The zero-order chi connectivity index (χ0) is 13.8. The normalized spacial score (nSPS) is 11.8. The van der Waals surface area contributed by atoms with Crippen LogP contribution in [-0.2, 0) is 20.4 Å². The van der Waals surface area contributed by atoms with Crippen LogP contribution in [-0.4, -0.2) is 14.3 Å². The van der Waals surface area contributed by atoms with Gasteiger partial charge in [0, 0.05) is 22.0 Å². The van der Waals surface area contributed by atoms with E-state index in [1.807, 2.05) is 0 Å². The van der Waals surface area contributed by atoms with Crippen LogP contribution in [0.5, 0.6) is 0 Å². The van der Waals surface area contributed by atoms with Gasteiger partial charge in [0.25, 0.3) is 9.05 Å². The lowest BCUT2D eigenvalue weighted by Gasteiger charge is -2.05. The summed E-state index contributed by atoms with van der Waals surface area (Å²) in [5.74, 6) is 0.470. The van der Waals surface area contributed by atoms with E-state index in [-0.39, 0.29) is 10.1 Å². The SMILES string of the molecule is CC(C)CCC(=O)NCc1ccc(S(=O)(=O)Cl)s1. The van der Waals surface area contributed by atoms with Gasteiger partial charge in [0.2, 0.25) is 5.91 Å². The van der Waals surface area contributed by atoms with Gasteiger partial charge in [0.15, 0.2) is 0 Å². The number of hydrogen-bond donors (Lipinski definition) is 1. The number of thiophene rings is 1. The minimum absolute atomic E-state index is 0.0209. The summed E-state index contributed by atoms with van der Waals surface area (Å²) in [4.78, 5) is 12.2. The molecule has 0 spiro atoms. The molecule has 0 fully saturated rings. The van der Waals surface area contributed by atoms with Crippen LogP contribution in [0.15, 0.2) is 16.3 Å². The van der Waals surface area contributed by atoms with E-state index in [1.165, 1.54) is 6.07 Å². The third-order valence-electron chi connectivity index (χ3n) is 2.29. The first-order valence-electron chi connectivity index (χ1n) is 5.59. The highest BCUT2D eigenvalue weighted by atomic mass is 35.7. The maximum absolute atomic E-state index is 11.5. The first kappa shape index (κ1) is 15.5. The van der Waals surface area contributed by atoms with E-state index >= 15 is 0 Å². The van der Waals surface area contributed by atoms with Crippen molar-refractivity contribution in [2.75, 3.05) is 0 Å². The van der Waals surface area contributed by atoms with Gasteiger partial charge in [0.1, 0.15) is 4.21 Å². The van der Waals surface area contributed by atoms with Crippen LogP contribution in [0.2, 0.25) is 0 Å². The Labute approximate surface area is 116 Å². The summed E-state index contributed by atoms with van der Waals surface area (Å²) in [6.45, 7) is 4.46. The highest BCUT2D eigenvalue weighted by molar-refractivity contribution is 8.15. The summed E-state index contributed by atoms with van der Waals surface area (Å²) >= 11 is 1.07. The second-order valence-electron chi connectivity index (χ2n) is 4.37. The molecule has 1 amide bonds. The largest absolute Gasteiger partial charge is 0.351 e. The number of hydrogen-bond acceptors (Lipinski definition) is 4. The summed E-state index contributed by atoms with van der Waals surface area (Å²) in [5.41, 5.74) is 0.